The number of nitrogens with one attached hydrogen (secondary N) is 1. The second-order valence-corrected chi connectivity index (χ2v) is 12.3. The number of rotatable bonds is 3. The number of hydrogen-bond donors (Lipinski definition) is 1. The fraction of sp³-hybridized carbons (Fsp3) is 0.517. The van der Waals surface area contributed by atoms with Crippen LogP contribution < -0.4 is 5.32 Å². The fourth-order valence-corrected chi connectivity index (χ4v) is 7.74. The molecule has 1 saturated heterocycles. The molecule has 2 heterocycles. The van der Waals surface area contributed by atoms with Gasteiger partial charge in [-0.3, -0.25) is 14.5 Å². The van der Waals surface area contributed by atoms with Gasteiger partial charge in [-0.25, -0.2) is 4.39 Å². The summed E-state index contributed by atoms with van der Waals surface area (Å²) in [6, 6.07) is 9.31. The van der Waals surface area contributed by atoms with Crippen LogP contribution in [-0.2, 0) is 19.7 Å². The first kappa shape index (κ1) is 26.5. The Bertz CT molecular complexity index is 1250. The van der Waals surface area contributed by atoms with E-state index in [9.17, 15) is 9.59 Å². The molecule has 2 aliphatic heterocycles. The minimum absolute atomic E-state index is 0.0435. The summed E-state index contributed by atoms with van der Waals surface area (Å²) < 4.78 is 21.9. The molecule has 5 nitrogen and oxygen atoms in total. The van der Waals surface area contributed by atoms with Crippen LogP contribution in [0.15, 0.2) is 36.4 Å². The number of halogens is 3. The van der Waals surface area contributed by atoms with Crippen molar-refractivity contribution in [3.05, 3.63) is 63.4 Å². The molecule has 2 spiro atoms. The van der Waals surface area contributed by atoms with E-state index in [0.29, 0.717) is 30.1 Å². The zero-order chi connectivity index (χ0) is 26.8. The van der Waals surface area contributed by atoms with Crippen molar-refractivity contribution in [2.45, 2.75) is 88.3 Å². The molecule has 0 radical (unpaired) electrons. The number of carbonyl (C=O) groups is 2. The second kappa shape index (κ2) is 9.25. The molecule has 3 aliphatic rings. The van der Waals surface area contributed by atoms with Crippen LogP contribution in [0.4, 0.5) is 10.1 Å². The van der Waals surface area contributed by atoms with E-state index in [2.05, 4.69) is 10.2 Å². The third kappa shape index (κ3) is 3.82. The summed E-state index contributed by atoms with van der Waals surface area (Å²) in [5.74, 6) is -2.17. The van der Waals surface area contributed by atoms with E-state index >= 15 is 4.39 Å². The first-order valence-corrected chi connectivity index (χ1v) is 13.8. The summed E-state index contributed by atoms with van der Waals surface area (Å²) in [6.45, 7) is 7.94. The van der Waals surface area contributed by atoms with E-state index in [1.807, 2.05) is 33.8 Å². The number of likely N-dealkylation sites (N-methyl/N-ethyl adjacent to an activating group) is 1. The lowest BCUT2D eigenvalue weighted by Crippen LogP contribution is -2.61. The average Bonchev–Trinajstić information content (AvgIpc) is 3.25. The van der Waals surface area contributed by atoms with E-state index < -0.39 is 40.3 Å². The lowest BCUT2D eigenvalue weighted by Gasteiger charge is -2.50. The molecule has 3 atom stereocenters. The minimum atomic E-state index is -1.24. The highest BCUT2D eigenvalue weighted by molar-refractivity contribution is 6.31. The number of anilines is 1. The molecule has 1 saturated carbocycles. The molecule has 0 bridgehead atoms. The van der Waals surface area contributed by atoms with Gasteiger partial charge < -0.3 is 10.1 Å². The van der Waals surface area contributed by atoms with Crippen LogP contribution in [0.5, 0.6) is 0 Å². The smallest absolute Gasteiger partial charge is 0.324 e. The van der Waals surface area contributed by atoms with Crippen molar-refractivity contribution in [2.24, 2.45) is 0 Å². The number of fused-ring (bicyclic) bond motifs is 3. The van der Waals surface area contributed by atoms with Gasteiger partial charge in [-0.1, -0.05) is 67.6 Å². The Labute approximate surface area is 227 Å². The van der Waals surface area contributed by atoms with Crippen LogP contribution in [0.3, 0.4) is 0 Å². The maximum atomic E-state index is 16.0. The number of likely N-dealkylation sites (tertiary alicyclic amines) is 1. The summed E-state index contributed by atoms with van der Waals surface area (Å²) in [7, 11) is 0. The highest BCUT2D eigenvalue weighted by Crippen LogP contribution is 2.66. The highest BCUT2D eigenvalue weighted by atomic mass is 35.5. The number of benzene rings is 2. The topological polar surface area (TPSA) is 58.6 Å². The summed E-state index contributed by atoms with van der Waals surface area (Å²) in [4.78, 5) is 30.7. The lowest BCUT2D eigenvalue weighted by molar-refractivity contribution is -0.162. The first-order chi connectivity index (χ1) is 17.5. The second-order valence-electron chi connectivity index (χ2n) is 11.4. The Balaban J connectivity index is 1.88. The Kier molecular flexibility index (Phi) is 6.61. The van der Waals surface area contributed by atoms with Crippen LogP contribution >= 0.6 is 23.2 Å². The van der Waals surface area contributed by atoms with Gasteiger partial charge in [0.05, 0.1) is 5.02 Å². The zero-order valence-corrected chi connectivity index (χ0v) is 23.2. The minimum Gasteiger partial charge on any atom is -0.459 e. The summed E-state index contributed by atoms with van der Waals surface area (Å²) >= 11 is 12.6. The van der Waals surface area contributed by atoms with Crippen molar-refractivity contribution in [3.8, 4) is 0 Å². The quantitative estimate of drug-likeness (QED) is 0.427. The summed E-state index contributed by atoms with van der Waals surface area (Å²) in [5, 5.41) is 3.52. The normalized spacial score (nSPS) is 26.9. The Morgan fingerprint density at radius 3 is 2.51 bits per heavy atom. The molecule has 198 valence electrons. The molecule has 1 N–H and O–H groups in total. The van der Waals surface area contributed by atoms with Crippen molar-refractivity contribution in [1.29, 1.82) is 0 Å². The predicted molar refractivity (Wildman–Crippen MR) is 144 cm³/mol. The monoisotopic (exact) mass is 546 g/mol. The first-order valence-electron chi connectivity index (χ1n) is 13.0. The standard InChI is InChI=1S/C29H33Cl2FN2O3/c1-5-34-24(25(35)37-27(2,3)4)22(18-10-9-11-20(31)23(18)32)29(28(34)14-7-6-8-15-28)19-13-12-17(30)16-21(19)33-26(29)36/h9-13,16,22,24H,5-8,14-15H2,1-4H3,(H,33,36)/t22-,24+,29+/m0/s1. The van der Waals surface area contributed by atoms with E-state index in [1.54, 1.807) is 24.3 Å². The molecule has 5 rings (SSSR count). The predicted octanol–water partition coefficient (Wildman–Crippen LogP) is 6.85. The van der Waals surface area contributed by atoms with Crippen molar-refractivity contribution in [3.63, 3.8) is 0 Å². The van der Waals surface area contributed by atoms with Crippen LogP contribution in [0.1, 0.15) is 76.8 Å². The summed E-state index contributed by atoms with van der Waals surface area (Å²) in [6.07, 6.45) is 4.25. The van der Waals surface area contributed by atoms with Gasteiger partial charge in [-0.2, -0.15) is 0 Å². The fourth-order valence-electron chi connectivity index (χ4n) is 7.38. The average molecular weight is 547 g/mol. The number of esters is 1. The van der Waals surface area contributed by atoms with Gasteiger partial charge in [-0.05, 0) is 69.5 Å². The third-order valence-electron chi connectivity index (χ3n) is 8.40. The van der Waals surface area contributed by atoms with E-state index in [0.717, 1.165) is 24.8 Å². The van der Waals surface area contributed by atoms with Crippen molar-refractivity contribution in [1.82, 2.24) is 4.90 Å². The third-order valence-corrected chi connectivity index (χ3v) is 8.93. The van der Waals surface area contributed by atoms with Crippen LogP contribution in [0.2, 0.25) is 10.0 Å². The lowest BCUT2D eigenvalue weighted by atomic mass is 9.55. The van der Waals surface area contributed by atoms with Gasteiger partial charge in [0.15, 0.2) is 0 Å². The molecule has 2 fully saturated rings. The maximum Gasteiger partial charge on any atom is 0.324 e. The maximum absolute atomic E-state index is 16.0. The molecular weight excluding hydrogens is 514 g/mol. The highest BCUT2D eigenvalue weighted by Gasteiger charge is 2.75. The molecule has 0 unspecified atom stereocenters. The molecule has 1 aliphatic carbocycles. The number of nitrogens with zero attached hydrogens (tertiary/aromatic N) is 1. The summed E-state index contributed by atoms with van der Waals surface area (Å²) in [5.41, 5.74) is -1.11. The molecule has 37 heavy (non-hydrogen) atoms. The van der Waals surface area contributed by atoms with Crippen LogP contribution in [0, 0.1) is 5.82 Å². The van der Waals surface area contributed by atoms with Gasteiger partial charge in [-0.15, -0.1) is 0 Å². The molecule has 8 heteroatoms. The number of ether oxygens (including phenoxy) is 1. The van der Waals surface area contributed by atoms with Crippen molar-refractivity contribution in [2.75, 3.05) is 11.9 Å². The van der Waals surface area contributed by atoms with Crippen molar-refractivity contribution >= 4 is 40.8 Å². The zero-order valence-electron chi connectivity index (χ0n) is 21.7. The van der Waals surface area contributed by atoms with E-state index in [-0.39, 0.29) is 16.5 Å². The number of amides is 1. The Hall–Kier alpha value is -2.15. The van der Waals surface area contributed by atoms with E-state index in [1.165, 1.54) is 6.07 Å². The van der Waals surface area contributed by atoms with Crippen molar-refractivity contribution < 1.29 is 18.7 Å². The number of carbonyl (C=O) groups excluding carboxylic acids is 2. The SMILES string of the molecule is CCN1[C@@H](C(=O)OC(C)(C)C)[C@H](c2cccc(Cl)c2F)[C@]2(C(=O)Nc3cc(Cl)ccc32)C12CCCCC2. The van der Waals surface area contributed by atoms with Crippen LogP contribution in [-0.4, -0.2) is 40.5 Å². The number of hydrogen-bond acceptors (Lipinski definition) is 4. The van der Waals surface area contributed by atoms with Gasteiger partial charge >= 0.3 is 5.97 Å². The molecular formula is C29H33Cl2FN2O3. The Morgan fingerprint density at radius 2 is 1.86 bits per heavy atom. The van der Waals surface area contributed by atoms with E-state index in [4.69, 9.17) is 27.9 Å². The van der Waals surface area contributed by atoms with Gasteiger partial charge in [0.25, 0.3) is 0 Å². The van der Waals surface area contributed by atoms with Crippen LogP contribution in [0.25, 0.3) is 0 Å². The molecule has 2 aromatic rings. The molecule has 1 amide bonds. The van der Waals surface area contributed by atoms with Gasteiger partial charge in [0.1, 0.15) is 22.9 Å². The van der Waals surface area contributed by atoms with Gasteiger partial charge in [0, 0.05) is 22.2 Å². The largest absolute Gasteiger partial charge is 0.459 e. The Morgan fingerprint density at radius 1 is 1.16 bits per heavy atom. The molecule has 2 aromatic carbocycles. The molecule has 0 aromatic heterocycles. The van der Waals surface area contributed by atoms with Gasteiger partial charge in [0.2, 0.25) is 5.91 Å².